The van der Waals surface area contributed by atoms with Gasteiger partial charge in [0.1, 0.15) is 4.60 Å². The summed E-state index contributed by atoms with van der Waals surface area (Å²) in [4.78, 5) is 8.28. The number of aromatic nitrogens is 3. The Morgan fingerprint density at radius 2 is 2.07 bits per heavy atom. The molecule has 0 saturated carbocycles. The molecule has 2 aromatic heterocycles. The first-order valence-corrected chi connectivity index (χ1v) is 5.58. The number of halogens is 2. The van der Waals surface area contributed by atoms with Gasteiger partial charge in [0.25, 0.3) is 0 Å². The van der Waals surface area contributed by atoms with Crippen LogP contribution >= 0.6 is 31.9 Å². The number of rotatable bonds is 1. The van der Waals surface area contributed by atoms with E-state index in [9.17, 15) is 0 Å². The minimum atomic E-state index is 0.793. The maximum atomic E-state index is 4.17. The molecule has 0 unspecified atom stereocenters. The molecule has 0 aromatic carbocycles. The second-order valence-corrected chi connectivity index (χ2v) is 4.40. The lowest BCUT2D eigenvalue weighted by Crippen LogP contribution is -1.93. The monoisotopic (exact) mass is 315 g/mol. The van der Waals surface area contributed by atoms with Gasteiger partial charge in [0.15, 0.2) is 0 Å². The molecule has 0 aliphatic carbocycles. The zero-order chi connectivity index (χ0) is 10.1. The van der Waals surface area contributed by atoms with Gasteiger partial charge in [-0.15, -0.1) is 0 Å². The van der Waals surface area contributed by atoms with Gasteiger partial charge >= 0.3 is 0 Å². The minimum absolute atomic E-state index is 0.793. The number of imidazole rings is 1. The van der Waals surface area contributed by atoms with Crippen molar-refractivity contribution in [2.75, 3.05) is 0 Å². The Morgan fingerprint density at radius 1 is 1.29 bits per heavy atom. The fraction of sp³-hybridized carbons (Fsp3) is 0.111. The van der Waals surface area contributed by atoms with Crippen molar-refractivity contribution >= 4 is 31.9 Å². The van der Waals surface area contributed by atoms with E-state index in [-0.39, 0.29) is 0 Å². The lowest BCUT2D eigenvalue weighted by Gasteiger charge is -2.05. The Kier molecular flexibility index (Phi) is 2.69. The summed E-state index contributed by atoms with van der Waals surface area (Å²) in [6.45, 7) is 1.96. The number of hydrogen-bond acceptors (Lipinski definition) is 2. The average molecular weight is 317 g/mol. The predicted molar refractivity (Wildman–Crippen MR) is 61.5 cm³/mol. The Bertz CT molecular complexity index is 465. The summed E-state index contributed by atoms with van der Waals surface area (Å²) in [7, 11) is 0. The van der Waals surface area contributed by atoms with Crippen LogP contribution in [0.25, 0.3) is 5.69 Å². The van der Waals surface area contributed by atoms with Crippen LogP contribution in [0.5, 0.6) is 0 Å². The average Bonchev–Trinajstić information content (AvgIpc) is 2.57. The van der Waals surface area contributed by atoms with Crippen LogP contribution in [-0.2, 0) is 0 Å². The maximum absolute atomic E-state index is 4.17. The zero-order valence-corrected chi connectivity index (χ0v) is 10.6. The fourth-order valence-corrected chi connectivity index (χ4v) is 1.92. The Balaban J connectivity index is 2.57. The van der Waals surface area contributed by atoms with Gasteiger partial charge in [0.2, 0.25) is 0 Å². The molecular formula is C9H7Br2N3. The molecule has 0 N–H and O–H groups in total. The minimum Gasteiger partial charge on any atom is -0.305 e. The first-order valence-electron chi connectivity index (χ1n) is 3.99. The molecule has 0 saturated heterocycles. The molecule has 14 heavy (non-hydrogen) atoms. The third-order valence-corrected chi connectivity index (χ3v) is 3.73. The highest BCUT2D eigenvalue weighted by Crippen LogP contribution is 2.27. The molecule has 72 valence electrons. The lowest BCUT2D eigenvalue weighted by atomic mass is 10.4. The molecule has 0 atom stereocenters. The molecule has 0 fully saturated rings. The van der Waals surface area contributed by atoms with Crippen LogP contribution in [0.3, 0.4) is 0 Å². The van der Waals surface area contributed by atoms with Crippen molar-refractivity contribution in [1.29, 1.82) is 0 Å². The van der Waals surface area contributed by atoms with Gasteiger partial charge in [0.05, 0.1) is 22.2 Å². The number of pyridine rings is 1. The van der Waals surface area contributed by atoms with Crippen molar-refractivity contribution in [1.82, 2.24) is 14.5 Å². The van der Waals surface area contributed by atoms with Crippen LogP contribution in [0.4, 0.5) is 0 Å². The third kappa shape index (κ3) is 1.74. The molecule has 0 radical (unpaired) electrons. The zero-order valence-electron chi connectivity index (χ0n) is 7.41. The van der Waals surface area contributed by atoms with Crippen LogP contribution in [-0.4, -0.2) is 14.5 Å². The van der Waals surface area contributed by atoms with E-state index in [1.165, 1.54) is 0 Å². The second kappa shape index (κ2) is 3.82. The van der Waals surface area contributed by atoms with Crippen molar-refractivity contribution in [2.45, 2.75) is 6.92 Å². The quantitative estimate of drug-likeness (QED) is 0.757. The molecule has 0 bridgehead atoms. The van der Waals surface area contributed by atoms with E-state index in [2.05, 4.69) is 41.8 Å². The van der Waals surface area contributed by atoms with Crippen molar-refractivity contribution in [3.05, 3.63) is 39.6 Å². The van der Waals surface area contributed by atoms with Gasteiger partial charge in [-0.05, 0) is 44.8 Å². The largest absolute Gasteiger partial charge is 0.305 e. The van der Waals surface area contributed by atoms with Gasteiger partial charge in [-0.1, -0.05) is 0 Å². The predicted octanol–water partition coefficient (Wildman–Crippen LogP) is 3.10. The van der Waals surface area contributed by atoms with Crippen LogP contribution in [0, 0.1) is 6.92 Å². The lowest BCUT2D eigenvalue weighted by molar-refractivity contribution is 1.03. The highest BCUT2D eigenvalue weighted by molar-refractivity contribution is 9.13. The summed E-state index contributed by atoms with van der Waals surface area (Å²) in [5, 5.41) is 0. The second-order valence-electron chi connectivity index (χ2n) is 2.86. The van der Waals surface area contributed by atoms with Gasteiger partial charge in [-0.3, -0.25) is 0 Å². The van der Waals surface area contributed by atoms with E-state index in [0.717, 1.165) is 20.5 Å². The highest BCUT2D eigenvalue weighted by Gasteiger charge is 2.06. The number of hydrogen-bond donors (Lipinski definition) is 0. The topological polar surface area (TPSA) is 30.7 Å². The molecule has 3 nitrogen and oxygen atoms in total. The van der Waals surface area contributed by atoms with Crippen LogP contribution in [0.2, 0.25) is 0 Å². The summed E-state index contributed by atoms with van der Waals surface area (Å²) in [6, 6.07) is 1.93. The Labute approximate surface area is 98.4 Å². The molecule has 0 spiro atoms. The maximum Gasteiger partial charge on any atom is 0.122 e. The van der Waals surface area contributed by atoms with Crippen molar-refractivity contribution in [2.24, 2.45) is 0 Å². The van der Waals surface area contributed by atoms with Crippen LogP contribution < -0.4 is 0 Å². The molecule has 0 aliphatic heterocycles. The Morgan fingerprint density at radius 3 is 2.71 bits per heavy atom. The number of nitrogens with zero attached hydrogens (tertiary/aromatic N) is 3. The van der Waals surface area contributed by atoms with Crippen molar-refractivity contribution in [3.8, 4) is 5.69 Å². The number of aryl methyl sites for hydroxylation is 1. The summed E-state index contributed by atoms with van der Waals surface area (Å²) in [5.41, 5.74) is 2.01. The van der Waals surface area contributed by atoms with E-state index in [1.807, 2.05) is 23.8 Å². The SMILES string of the molecule is Cc1cn(-c2ccnc(Br)c2Br)cn1. The van der Waals surface area contributed by atoms with Gasteiger partial charge in [-0.25, -0.2) is 9.97 Å². The molecule has 5 heteroatoms. The van der Waals surface area contributed by atoms with Gasteiger partial charge < -0.3 is 4.57 Å². The van der Waals surface area contributed by atoms with Crippen molar-refractivity contribution in [3.63, 3.8) is 0 Å². The summed E-state index contributed by atoms with van der Waals surface area (Å²) in [6.07, 6.45) is 5.49. The fourth-order valence-electron chi connectivity index (χ4n) is 1.16. The molecule has 2 heterocycles. The molecule has 2 rings (SSSR count). The summed E-state index contributed by atoms with van der Waals surface area (Å²) in [5.74, 6) is 0. The summed E-state index contributed by atoms with van der Waals surface area (Å²) < 4.78 is 3.67. The summed E-state index contributed by atoms with van der Waals surface area (Å²) >= 11 is 6.83. The van der Waals surface area contributed by atoms with Gasteiger partial charge in [-0.2, -0.15) is 0 Å². The van der Waals surface area contributed by atoms with E-state index in [0.29, 0.717) is 0 Å². The van der Waals surface area contributed by atoms with Crippen LogP contribution in [0.1, 0.15) is 5.69 Å². The first-order chi connectivity index (χ1) is 6.68. The van der Waals surface area contributed by atoms with Crippen molar-refractivity contribution < 1.29 is 0 Å². The van der Waals surface area contributed by atoms with E-state index in [1.54, 1.807) is 12.5 Å². The van der Waals surface area contributed by atoms with Gasteiger partial charge in [0, 0.05) is 12.4 Å². The standard InChI is InChI=1S/C9H7Br2N3/c1-6-4-14(5-13-6)7-2-3-12-9(11)8(7)10/h2-5H,1H3. The molecule has 0 amide bonds. The van der Waals surface area contributed by atoms with Crippen LogP contribution in [0.15, 0.2) is 33.9 Å². The Hall–Kier alpha value is -0.680. The molecule has 0 aliphatic rings. The molecular weight excluding hydrogens is 310 g/mol. The highest BCUT2D eigenvalue weighted by atomic mass is 79.9. The van der Waals surface area contributed by atoms with E-state index >= 15 is 0 Å². The molecule has 2 aromatic rings. The normalized spacial score (nSPS) is 10.5. The smallest absolute Gasteiger partial charge is 0.122 e. The van der Waals surface area contributed by atoms with E-state index < -0.39 is 0 Å². The van der Waals surface area contributed by atoms with E-state index in [4.69, 9.17) is 0 Å². The first kappa shape index (κ1) is 9.86. The third-order valence-electron chi connectivity index (χ3n) is 1.82.